The number of hydrogen-bond donors (Lipinski definition) is 0. The molecule has 0 nitrogen and oxygen atoms in total. The fraction of sp³-hybridized carbons (Fsp3) is 0. The minimum atomic E-state index is 1.33. The van der Waals surface area contributed by atoms with Crippen molar-refractivity contribution in [2.24, 2.45) is 0 Å². The molecule has 0 spiro atoms. The summed E-state index contributed by atoms with van der Waals surface area (Å²) in [5.41, 5.74) is 1.33. The molecule has 0 aliphatic heterocycles. The van der Waals surface area contributed by atoms with Gasteiger partial charge in [-0.3, -0.25) is 0 Å². The van der Waals surface area contributed by atoms with Crippen LogP contribution in [0.15, 0.2) is 36.4 Å². The molecule has 0 fully saturated rings. The van der Waals surface area contributed by atoms with Gasteiger partial charge in [0.05, 0.1) is 0 Å². The predicted molar refractivity (Wildman–Crippen MR) is 60.2 cm³/mol. The zero-order chi connectivity index (χ0) is 9.12. The van der Waals surface area contributed by atoms with E-state index in [0.29, 0.717) is 0 Å². The molecule has 0 heteroatoms. The lowest BCUT2D eigenvalue weighted by molar-refractivity contribution is 1.57. The maximum absolute atomic E-state index is 2.30. The molecule has 14 heavy (non-hydrogen) atoms. The van der Waals surface area contributed by atoms with Gasteiger partial charge in [-0.05, 0) is 44.1 Å². The zero-order valence-electron chi connectivity index (χ0n) is 7.62. The summed E-state index contributed by atoms with van der Waals surface area (Å²) in [5.74, 6) is 0. The van der Waals surface area contributed by atoms with Gasteiger partial charge in [-0.15, -0.1) is 0 Å². The number of hydrogen-bond acceptors (Lipinski definition) is 0. The lowest BCUT2D eigenvalue weighted by Gasteiger charge is -2.04. The van der Waals surface area contributed by atoms with Crippen molar-refractivity contribution in [3.8, 4) is 0 Å². The average Bonchev–Trinajstić information content (AvgIpc) is 2.96. The van der Waals surface area contributed by atoms with Crippen LogP contribution in [-0.2, 0) is 0 Å². The van der Waals surface area contributed by atoms with Gasteiger partial charge in [-0.2, -0.15) is 0 Å². The SMILES string of the molecule is C1=CC(=c2cc3c4c(c2)c3=CC=4)C=C1. The van der Waals surface area contributed by atoms with Crippen LogP contribution >= 0.6 is 0 Å². The van der Waals surface area contributed by atoms with E-state index in [1.54, 1.807) is 0 Å². The zero-order valence-corrected chi connectivity index (χ0v) is 7.62. The molecule has 0 unspecified atom stereocenters. The molecule has 0 saturated heterocycles. The van der Waals surface area contributed by atoms with E-state index in [0.717, 1.165) is 0 Å². The second-order valence-corrected chi connectivity index (χ2v) is 3.91. The first-order valence-electron chi connectivity index (χ1n) is 4.89. The van der Waals surface area contributed by atoms with Crippen LogP contribution in [0.25, 0.3) is 28.5 Å². The molecule has 0 saturated carbocycles. The van der Waals surface area contributed by atoms with Crippen LogP contribution in [0.1, 0.15) is 0 Å². The molecule has 64 valence electrons. The molecule has 3 aliphatic rings. The Morgan fingerprint density at radius 2 is 1.29 bits per heavy atom. The van der Waals surface area contributed by atoms with Crippen molar-refractivity contribution in [1.29, 1.82) is 0 Å². The Kier molecular flexibility index (Phi) is 0.935. The van der Waals surface area contributed by atoms with Gasteiger partial charge in [0.2, 0.25) is 0 Å². The molecule has 3 aromatic carbocycles. The van der Waals surface area contributed by atoms with Gasteiger partial charge in [0, 0.05) is 0 Å². The van der Waals surface area contributed by atoms with Crippen LogP contribution in [0.4, 0.5) is 0 Å². The number of rotatable bonds is 0. The van der Waals surface area contributed by atoms with Crippen molar-refractivity contribution in [1.82, 2.24) is 0 Å². The molecule has 0 aromatic heterocycles. The van der Waals surface area contributed by atoms with Crippen LogP contribution in [0, 0.1) is 0 Å². The summed E-state index contributed by atoms with van der Waals surface area (Å²) in [5, 5.41) is 7.12. The lowest BCUT2D eigenvalue weighted by atomic mass is 9.99. The number of benzene rings is 2. The molecular weight excluding hydrogens is 168 g/mol. The maximum Gasteiger partial charge on any atom is -0.00928 e. The van der Waals surface area contributed by atoms with Gasteiger partial charge >= 0.3 is 0 Å². The number of fused-ring (bicyclic) bond motifs is 3. The van der Waals surface area contributed by atoms with E-state index in [4.69, 9.17) is 0 Å². The summed E-state index contributed by atoms with van der Waals surface area (Å²) < 4.78 is 0. The van der Waals surface area contributed by atoms with Gasteiger partial charge in [-0.1, -0.05) is 36.5 Å². The molecule has 6 rings (SSSR count). The summed E-state index contributed by atoms with van der Waals surface area (Å²) in [6.45, 7) is 0. The van der Waals surface area contributed by atoms with Gasteiger partial charge < -0.3 is 0 Å². The minimum absolute atomic E-state index is 1.33. The average molecular weight is 176 g/mol. The maximum atomic E-state index is 2.30. The highest BCUT2D eigenvalue weighted by atomic mass is 14.1. The largest absolute Gasteiger partial charge is 0.0616 e. The van der Waals surface area contributed by atoms with Crippen LogP contribution < -0.4 is 15.7 Å². The third-order valence-corrected chi connectivity index (χ3v) is 3.17. The van der Waals surface area contributed by atoms with Gasteiger partial charge in [0.15, 0.2) is 0 Å². The topological polar surface area (TPSA) is 0 Å². The Balaban J connectivity index is 2.22. The highest BCUT2D eigenvalue weighted by molar-refractivity contribution is 5.97. The highest BCUT2D eigenvalue weighted by Gasteiger charge is 2.10. The molecule has 0 N–H and O–H groups in total. The van der Waals surface area contributed by atoms with E-state index < -0.39 is 0 Å². The summed E-state index contributed by atoms with van der Waals surface area (Å²) in [6, 6.07) is 4.60. The highest BCUT2D eigenvalue weighted by Crippen LogP contribution is 2.09. The van der Waals surface area contributed by atoms with E-state index in [1.807, 2.05) is 0 Å². The fourth-order valence-electron chi connectivity index (χ4n) is 2.44. The first-order valence-corrected chi connectivity index (χ1v) is 4.89. The predicted octanol–water partition coefficient (Wildman–Crippen LogP) is 0.848. The standard InChI is InChI=1S/C14H8/c1-2-4-9(3-1)10-7-13-11-5-6-12(13)14(11)8-10/h1-8H. The molecule has 0 radical (unpaired) electrons. The summed E-state index contributed by atoms with van der Waals surface area (Å²) >= 11 is 0. The molecule has 0 heterocycles. The van der Waals surface area contributed by atoms with Crippen LogP contribution in [0.3, 0.4) is 0 Å². The normalized spacial score (nSPS) is 17.0. The van der Waals surface area contributed by atoms with Crippen molar-refractivity contribution in [3.63, 3.8) is 0 Å². The molecule has 3 aliphatic carbocycles. The Morgan fingerprint density at radius 3 is 1.86 bits per heavy atom. The Bertz CT molecular complexity index is 669. The fourth-order valence-corrected chi connectivity index (χ4v) is 2.44. The Hall–Kier alpha value is -1.82. The summed E-state index contributed by atoms with van der Waals surface area (Å²) in [6.07, 6.45) is 12.9. The van der Waals surface area contributed by atoms with Crippen molar-refractivity contribution in [2.75, 3.05) is 0 Å². The monoisotopic (exact) mass is 176 g/mol. The third kappa shape index (κ3) is 0.589. The minimum Gasteiger partial charge on any atom is -0.0616 e. The second-order valence-electron chi connectivity index (χ2n) is 3.91. The summed E-state index contributed by atoms with van der Waals surface area (Å²) in [4.78, 5) is 0. The quantitative estimate of drug-likeness (QED) is 0.558. The molecule has 3 aromatic rings. The lowest BCUT2D eigenvalue weighted by Crippen LogP contribution is -2.27. The van der Waals surface area contributed by atoms with Crippen LogP contribution in [-0.4, -0.2) is 0 Å². The third-order valence-electron chi connectivity index (χ3n) is 3.17. The molecule has 0 amide bonds. The Labute approximate surface area is 81.2 Å². The number of allylic oxidation sites excluding steroid dienone is 4. The van der Waals surface area contributed by atoms with E-state index in [1.165, 1.54) is 32.0 Å². The van der Waals surface area contributed by atoms with Crippen LogP contribution in [0.5, 0.6) is 0 Å². The molecular formula is C14H8. The van der Waals surface area contributed by atoms with E-state index in [2.05, 4.69) is 48.6 Å². The van der Waals surface area contributed by atoms with Gasteiger partial charge in [0.1, 0.15) is 0 Å². The van der Waals surface area contributed by atoms with Crippen molar-refractivity contribution >= 4 is 28.5 Å². The smallest absolute Gasteiger partial charge is 0.00928 e. The molecule has 0 atom stereocenters. The van der Waals surface area contributed by atoms with E-state index in [-0.39, 0.29) is 0 Å². The van der Waals surface area contributed by atoms with Crippen molar-refractivity contribution in [2.45, 2.75) is 0 Å². The van der Waals surface area contributed by atoms with Gasteiger partial charge in [0.25, 0.3) is 0 Å². The van der Waals surface area contributed by atoms with E-state index in [9.17, 15) is 0 Å². The second kappa shape index (κ2) is 1.98. The molecule has 4 bridgehead atoms. The van der Waals surface area contributed by atoms with E-state index >= 15 is 0 Å². The van der Waals surface area contributed by atoms with Crippen molar-refractivity contribution in [3.05, 3.63) is 52.1 Å². The summed E-state index contributed by atoms with van der Waals surface area (Å²) in [7, 11) is 0. The van der Waals surface area contributed by atoms with Crippen LogP contribution in [0.2, 0.25) is 0 Å². The van der Waals surface area contributed by atoms with Gasteiger partial charge in [-0.25, -0.2) is 0 Å². The van der Waals surface area contributed by atoms with Crippen molar-refractivity contribution < 1.29 is 0 Å². The first-order chi connectivity index (χ1) is 6.93. The first kappa shape index (κ1) is 6.61. The Morgan fingerprint density at radius 1 is 0.714 bits per heavy atom.